The number of halogens is 1. The zero-order valence-electron chi connectivity index (χ0n) is 10.9. The van der Waals surface area contributed by atoms with Crippen molar-refractivity contribution in [2.45, 2.75) is 37.5 Å². The topological polar surface area (TPSA) is 46.2 Å². The van der Waals surface area contributed by atoms with Gasteiger partial charge in [0.1, 0.15) is 0 Å². The second kappa shape index (κ2) is 6.20. The third kappa shape index (κ3) is 3.91. The molecule has 19 heavy (non-hydrogen) atoms. The summed E-state index contributed by atoms with van der Waals surface area (Å²) in [6.45, 7) is 2.36. The number of hydrogen-bond acceptors (Lipinski definition) is 2. The van der Waals surface area contributed by atoms with Crippen molar-refractivity contribution in [3.05, 3.63) is 39.9 Å². The molecule has 0 bridgehead atoms. The third-order valence-corrected chi connectivity index (χ3v) is 5.66. The Hall–Kier alpha value is -0.650. The first-order valence-corrected chi connectivity index (χ1v) is 8.70. The molecule has 5 heteroatoms. The van der Waals surface area contributed by atoms with Crippen molar-refractivity contribution in [1.29, 1.82) is 0 Å². The third-order valence-electron chi connectivity index (χ3n) is 3.31. The van der Waals surface area contributed by atoms with Crippen LogP contribution in [0.2, 0.25) is 0 Å². The number of aryl methyl sites for hydroxylation is 1. The van der Waals surface area contributed by atoms with Gasteiger partial charge in [-0.1, -0.05) is 27.6 Å². The van der Waals surface area contributed by atoms with Crippen LogP contribution in [0.15, 0.2) is 39.2 Å². The Balaban J connectivity index is 1.99. The fraction of sp³-hybridized carbons (Fsp3) is 0.429. The lowest BCUT2D eigenvalue weighted by Crippen LogP contribution is -2.25. The van der Waals surface area contributed by atoms with E-state index >= 15 is 0 Å². The maximum atomic E-state index is 12.1. The Labute approximate surface area is 123 Å². The summed E-state index contributed by atoms with van der Waals surface area (Å²) in [5.74, 6) is 0. The second-order valence-electron chi connectivity index (χ2n) is 4.81. The van der Waals surface area contributed by atoms with E-state index in [2.05, 4.69) is 26.7 Å². The van der Waals surface area contributed by atoms with E-state index in [1.807, 2.05) is 6.92 Å². The molecule has 0 fully saturated rings. The van der Waals surface area contributed by atoms with E-state index in [4.69, 9.17) is 0 Å². The maximum Gasteiger partial charge on any atom is 0.240 e. The first kappa shape index (κ1) is 14.8. The molecule has 0 aliphatic heterocycles. The van der Waals surface area contributed by atoms with Gasteiger partial charge in [0.2, 0.25) is 10.0 Å². The van der Waals surface area contributed by atoms with E-state index in [0.29, 0.717) is 11.4 Å². The molecule has 1 N–H and O–H groups in total. The molecule has 3 nitrogen and oxygen atoms in total. The van der Waals surface area contributed by atoms with Gasteiger partial charge in [-0.25, -0.2) is 13.1 Å². The number of sulfonamides is 1. The highest BCUT2D eigenvalue weighted by Crippen LogP contribution is 2.21. The summed E-state index contributed by atoms with van der Waals surface area (Å²) in [7, 11) is -3.39. The summed E-state index contributed by atoms with van der Waals surface area (Å²) in [6.07, 6.45) is 6.48. The van der Waals surface area contributed by atoms with Crippen molar-refractivity contribution >= 4 is 26.0 Å². The van der Waals surface area contributed by atoms with Gasteiger partial charge in [0.15, 0.2) is 0 Å². The van der Waals surface area contributed by atoms with Crippen LogP contribution in [-0.4, -0.2) is 15.0 Å². The van der Waals surface area contributed by atoms with Gasteiger partial charge in [0.05, 0.1) is 4.90 Å². The summed E-state index contributed by atoms with van der Waals surface area (Å²) in [5, 5.41) is 0. The van der Waals surface area contributed by atoms with Crippen molar-refractivity contribution in [3.8, 4) is 0 Å². The summed E-state index contributed by atoms with van der Waals surface area (Å²) in [5.41, 5.74) is 2.29. The molecule has 104 valence electrons. The highest BCUT2D eigenvalue weighted by atomic mass is 79.9. The fourth-order valence-electron chi connectivity index (χ4n) is 2.18. The van der Waals surface area contributed by atoms with Crippen LogP contribution in [0, 0.1) is 6.92 Å². The highest BCUT2D eigenvalue weighted by molar-refractivity contribution is 9.10. The summed E-state index contributed by atoms with van der Waals surface area (Å²) >= 11 is 3.37. The summed E-state index contributed by atoms with van der Waals surface area (Å²) in [4.78, 5) is 0.327. The van der Waals surface area contributed by atoms with Gasteiger partial charge in [0, 0.05) is 11.0 Å². The molecule has 1 aliphatic carbocycles. The van der Waals surface area contributed by atoms with Gasteiger partial charge in [0.25, 0.3) is 0 Å². The molecule has 1 aromatic rings. The molecule has 0 atom stereocenters. The van der Waals surface area contributed by atoms with Crippen LogP contribution in [0.4, 0.5) is 0 Å². The number of rotatable bonds is 5. The largest absolute Gasteiger partial charge is 0.240 e. The number of benzene rings is 1. The number of hydrogen-bond donors (Lipinski definition) is 1. The normalized spacial score (nSPS) is 15.6. The van der Waals surface area contributed by atoms with Crippen molar-refractivity contribution in [2.24, 2.45) is 0 Å². The van der Waals surface area contributed by atoms with Crippen LogP contribution in [0.1, 0.15) is 31.2 Å². The van der Waals surface area contributed by atoms with Crippen molar-refractivity contribution in [2.75, 3.05) is 6.54 Å². The number of nitrogens with one attached hydrogen (secondary N) is 1. The van der Waals surface area contributed by atoms with Gasteiger partial charge in [-0.05, 0) is 56.4 Å². The Morgan fingerprint density at radius 3 is 2.79 bits per heavy atom. The first-order chi connectivity index (χ1) is 8.99. The van der Waals surface area contributed by atoms with Crippen LogP contribution >= 0.6 is 15.9 Å². The predicted molar refractivity (Wildman–Crippen MR) is 80.6 cm³/mol. The van der Waals surface area contributed by atoms with E-state index in [1.54, 1.807) is 18.2 Å². The quantitative estimate of drug-likeness (QED) is 0.831. The lowest BCUT2D eigenvalue weighted by molar-refractivity contribution is 0.581. The average molecular weight is 344 g/mol. The Morgan fingerprint density at radius 2 is 2.16 bits per heavy atom. The minimum atomic E-state index is -3.39. The molecule has 0 amide bonds. The lowest BCUT2D eigenvalue weighted by Gasteiger charge is -2.08. The molecule has 1 aliphatic rings. The molecule has 0 spiro atoms. The fourth-order valence-corrected chi connectivity index (χ4v) is 3.54. The Morgan fingerprint density at radius 1 is 1.37 bits per heavy atom. The standard InChI is InChI=1S/C14H18BrNO2S/c1-11-10-13(6-7-14(11)15)19(17,18)16-9-8-12-4-2-3-5-12/h4,6-7,10,16H,2-3,5,8-9H2,1H3. The maximum absolute atomic E-state index is 12.1. The van der Waals surface area contributed by atoms with Crippen LogP contribution in [-0.2, 0) is 10.0 Å². The summed E-state index contributed by atoms with van der Waals surface area (Å²) in [6, 6.07) is 5.07. The van der Waals surface area contributed by atoms with Crippen molar-refractivity contribution < 1.29 is 8.42 Å². The molecule has 0 unspecified atom stereocenters. The average Bonchev–Trinajstić information content (AvgIpc) is 2.85. The minimum absolute atomic E-state index is 0.327. The van der Waals surface area contributed by atoms with Crippen molar-refractivity contribution in [3.63, 3.8) is 0 Å². The minimum Gasteiger partial charge on any atom is -0.211 e. The zero-order chi connectivity index (χ0) is 13.9. The lowest BCUT2D eigenvalue weighted by atomic mass is 10.2. The Kier molecular flexibility index (Phi) is 4.81. The summed E-state index contributed by atoms with van der Waals surface area (Å²) < 4.78 is 27.8. The van der Waals surface area contributed by atoms with Crippen LogP contribution in [0.3, 0.4) is 0 Å². The molecule has 0 heterocycles. The number of allylic oxidation sites excluding steroid dienone is 1. The monoisotopic (exact) mass is 343 g/mol. The zero-order valence-corrected chi connectivity index (χ0v) is 13.4. The van der Waals surface area contributed by atoms with Crippen LogP contribution in [0.5, 0.6) is 0 Å². The molecule has 0 radical (unpaired) electrons. The van der Waals surface area contributed by atoms with E-state index in [0.717, 1.165) is 29.3 Å². The van der Waals surface area contributed by atoms with Gasteiger partial charge in [-0.2, -0.15) is 0 Å². The van der Waals surface area contributed by atoms with E-state index < -0.39 is 10.0 Å². The molecule has 1 aromatic carbocycles. The molecule has 0 saturated carbocycles. The van der Waals surface area contributed by atoms with Gasteiger partial charge >= 0.3 is 0 Å². The van der Waals surface area contributed by atoms with Crippen molar-refractivity contribution in [1.82, 2.24) is 4.72 Å². The molecule has 2 rings (SSSR count). The van der Waals surface area contributed by atoms with E-state index in [-0.39, 0.29) is 0 Å². The van der Waals surface area contributed by atoms with Gasteiger partial charge in [-0.15, -0.1) is 0 Å². The SMILES string of the molecule is Cc1cc(S(=O)(=O)NCCC2=CCCC2)ccc1Br. The van der Waals surface area contributed by atoms with Crippen LogP contribution in [0.25, 0.3) is 0 Å². The van der Waals surface area contributed by atoms with Gasteiger partial charge < -0.3 is 0 Å². The van der Waals surface area contributed by atoms with Crippen LogP contribution < -0.4 is 4.72 Å². The molecular formula is C14H18BrNO2S. The Bertz CT molecular complexity index is 593. The molecule has 0 aromatic heterocycles. The van der Waals surface area contributed by atoms with Gasteiger partial charge in [-0.3, -0.25) is 0 Å². The predicted octanol–water partition coefficient (Wildman–Crippen LogP) is 3.54. The molecule has 0 saturated heterocycles. The van der Waals surface area contributed by atoms with E-state index in [9.17, 15) is 8.42 Å². The smallest absolute Gasteiger partial charge is 0.211 e. The first-order valence-electron chi connectivity index (χ1n) is 6.43. The molecular weight excluding hydrogens is 326 g/mol. The van der Waals surface area contributed by atoms with E-state index in [1.165, 1.54) is 12.0 Å². The highest BCUT2D eigenvalue weighted by Gasteiger charge is 2.14. The second-order valence-corrected chi connectivity index (χ2v) is 7.43.